The molecule has 150 valence electrons. The molecule has 0 bridgehead atoms. The highest BCUT2D eigenvalue weighted by Crippen LogP contribution is 2.22. The van der Waals surface area contributed by atoms with Crippen LogP contribution in [0.25, 0.3) is 0 Å². The Morgan fingerprint density at radius 2 is 1.48 bits per heavy atom. The molecule has 1 aliphatic rings. The molecule has 29 heavy (non-hydrogen) atoms. The Labute approximate surface area is 168 Å². The fraction of sp³-hybridized carbons (Fsp3) is 0.273. The zero-order valence-corrected chi connectivity index (χ0v) is 16.3. The topological polar surface area (TPSA) is 84.0 Å². The second-order valence-corrected chi connectivity index (χ2v) is 7.00. The Morgan fingerprint density at radius 1 is 0.931 bits per heavy atom. The Hall–Kier alpha value is -3.48. The predicted octanol–water partition coefficient (Wildman–Crippen LogP) is 2.26. The summed E-state index contributed by atoms with van der Waals surface area (Å²) in [5, 5.41) is 0. The first-order chi connectivity index (χ1) is 13.9. The average Bonchev–Trinajstić information content (AvgIpc) is 2.96. The fourth-order valence-corrected chi connectivity index (χ4v) is 3.12. The van der Waals surface area contributed by atoms with Gasteiger partial charge in [0.15, 0.2) is 6.61 Å². The van der Waals surface area contributed by atoms with Crippen molar-refractivity contribution in [2.45, 2.75) is 26.4 Å². The quantitative estimate of drug-likeness (QED) is 0.531. The lowest BCUT2D eigenvalue weighted by molar-refractivity contribution is -0.153. The predicted molar refractivity (Wildman–Crippen MR) is 105 cm³/mol. The number of amides is 3. The Kier molecular flexibility index (Phi) is 6.07. The molecule has 0 N–H and O–H groups in total. The van der Waals surface area contributed by atoms with Crippen molar-refractivity contribution in [1.82, 2.24) is 9.80 Å². The van der Waals surface area contributed by atoms with Crippen LogP contribution in [0.2, 0.25) is 0 Å². The number of carbonyl (C=O) groups excluding carboxylic acids is 4. The lowest BCUT2D eigenvalue weighted by atomic mass is 10.1. The zero-order chi connectivity index (χ0) is 21.0. The first-order valence-electron chi connectivity index (χ1n) is 9.32. The molecular formula is C22H22N2O5. The number of nitrogens with zero attached hydrogens (tertiary/aromatic N) is 2. The van der Waals surface area contributed by atoms with E-state index in [1.165, 1.54) is 12.1 Å². The van der Waals surface area contributed by atoms with Crippen LogP contribution >= 0.6 is 0 Å². The minimum absolute atomic E-state index is 0.0855. The molecule has 7 heteroatoms. The first-order valence-corrected chi connectivity index (χ1v) is 9.32. The number of hydrogen-bond donors (Lipinski definition) is 0. The summed E-state index contributed by atoms with van der Waals surface area (Å²) in [4.78, 5) is 51.7. The van der Waals surface area contributed by atoms with E-state index in [-0.39, 0.29) is 23.1 Å². The number of esters is 1. The SMILES string of the molecule is CC(C)N(Cc1ccccc1)C(=O)COC(=O)CN1C(=O)c2ccccc2C1=O. The molecule has 1 heterocycles. The molecule has 0 fully saturated rings. The largest absolute Gasteiger partial charge is 0.454 e. The van der Waals surface area contributed by atoms with Crippen molar-refractivity contribution >= 4 is 23.7 Å². The van der Waals surface area contributed by atoms with Gasteiger partial charge in [-0.15, -0.1) is 0 Å². The molecule has 3 rings (SSSR count). The van der Waals surface area contributed by atoms with Crippen LogP contribution < -0.4 is 0 Å². The van der Waals surface area contributed by atoms with Crippen molar-refractivity contribution in [2.24, 2.45) is 0 Å². The highest BCUT2D eigenvalue weighted by molar-refractivity contribution is 6.22. The molecule has 0 saturated heterocycles. The number of fused-ring (bicyclic) bond motifs is 1. The Morgan fingerprint density at radius 3 is 2.03 bits per heavy atom. The van der Waals surface area contributed by atoms with E-state index in [0.29, 0.717) is 6.54 Å². The van der Waals surface area contributed by atoms with E-state index in [1.807, 2.05) is 44.2 Å². The van der Waals surface area contributed by atoms with Crippen LogP contribution in [0.1, 0.15) is 40.1 Å². The number of hydrogen-bond acceptors (Lipinski definition) is 5. The first kappa shape index (κ1) is 20.3. The van der Waals surface area contributed by atoms with Crippen LogP contribution in [0.15, 0.2) is 54.6 Å². The van der Waals surface area contributed by atoms with Gasteiger partial charge in [0.25, 0.3) is 17.7 Å². The molecule has 0 aromatic heterocycles. The van der Waals surface area contributed by atoms with Crippen molar-refractivity contribution in [3.8, 4) is 0 Å². The summed E-state index contributed by atoms with van der Waals surface area (Å²) in [6.07, 6.45) is 0. The van der Waals surface area contributed by atoms with Gasteiger partial charge in [-0.1, -0.05) is 42.5 Å². The van der Waals surface area contributed by atoms with Crippen molar-refractivity contribution < 1.29 is 23.9 Å². The van der Waals surface area contributed by atoms with Gasteiger partial charge in [0.2, 0.25) is 0 Å². The molecule has 0 saturated carbocycles. The van der Waals surface area contributed by atoms with Gasteiger partial charge in [-0.3, -0.25) is 24.1 Å². The molecule has 0 aliphatic carbocycles. The van der Waals surface area contributed by atoms with Gasteiger partial charge in [0.05, 0.1) is 11.1 Å². The van der Waals surface area contributed by atoms with Crippen molar-refractivity contribution in [3.63, 3.8) is 0 Å². The molecule has 0 atom stereocenters. The highest BCUT2D eigenvalue weighted by atomic mass is 16.5. The monoisotopic (exact) mass is 394 g/mol. The molecule has 1 aliphatic heterocycles. The smallest absolute Gasteiger partial charge is 0.326 e. The number of ether oxygens (including phenoxy) is 1. The third-order valence-corrected chi connectivity index (χ3v) is 4.66. The number of carbonyl (C=O) groups is 4. The van der Waals surface area contributed by atoms with Crippen molar-refractivity contribution in [3.05, 3.63) is 71.3 Å². The maximum atomic E-state index is 12.5. The average molecular weight is 394 g/mol. The second kappa shape index (κ2) is 8.68. The number of rotatable bonds is 7. The van der Waals surface area contributed by atoms with E-state index >= 15 is 0 Å². The summed E-state index contributed by atoms with van der Waals surface area (Å²) in [5.74, 6) is -2.24. The van der Waals surface area contributed by atoms with E-state index in [4.69, 9.17) is 4.74 Å². The van der Waals surface area contributed by atoms with E-state index < -0.39 is 30.9 Å². The molecule has 2 aromatic rings. The van der Waals surface area contributed by atoms with E-state index in [1.54, 1.807) is 17.0 Å². The number of imide groups is 1. The zero-order valence-electron chi connectivity index (χ0n) is 16.3. The van der Waals surface area contributed by atoms with Crippen LogP contribution in [0, 0.1) is 0 Å². The normalized spacial score (nSPS) is 12.9. The van der Waals surface area contributed by atoms with E-state index in [9.17, 15) is 19.2 Å². The summed E-state index contributed by atoms with van der Waals surface area (Å²) < 4.78 is 5.05. The van der Waals surface area contributed by atoms with E-state index in [0.717, 1.165) is 10.5 Å². The third kappa shape index (κ3) is 4.51. The van der Waals surface area contributed by atoms with E-state index in [2.05, 4.69) is 0 Å². The minimum Gasteiger partial charge on any atom is -0.454 e. The minimum atomic E-state index is -0.809. The maximum Gasteiger partial charge on any atom is 0.326 e. The molecule has 7 nitrogen and oxygen atoms in total. The van der Waals surface area contributed by atoms with Crippen LogP contribution in [-0.2, 0) is 20.9 Å². The van der Waals surface area contributed by atoms with Crippen LogP contribution in [0.3, 0.4) is 0 Å². The van der Waals surface area contributed by atoms with Gasteiger partial charge in [0.1, 0.15) is 6.54 Å². The van der Waals surface area contributed by atoms with Crippen molar-refractivity contribution in [2.75, 3.05) is 13.2 Å². The third-order valence-electron chi connectivity index (χ3n) is 4.66. The molecule has 3 amide bonds. The van der Waals surface area contributed by atoms with Gasteiger partial charge in [0, 0.05) is 12.6 Å². The van der Waals surface area contributed by atoms with Crippen LogP contribution in [0.5, 0.6) is 0 Å². The molecule has 0 unspecified atom stereocenters. The van der Waals surface area contributed by atoms with Crippen LogP contribution in [0.4, 0.5) is 0 Å². The summed E-state index contributed by atoms with van der Waals surface area (Å²) >= 11 is 0. The lowest BCUT2D eigenvalue weighted by Crippen LogP contribution is -2.40. The Balaban J connectivity index is 1.56. The summed E-state index contributed by atoms with van der Waals surface area (Å²) in [6, 6.07) is 15.8. The molecule has 0 spiro atoms. The van der Waals surface area contributed by atoms with Gasteiger partial charge in [-0.05, 0) is 31.5 Å². The summed E-state index contributed by atoms with van der Waals surface area (Å²) in [5.41, 5.74) is 1.48. The van der Waals surface area contributed by atoms with Gasteiger partial charge in [-0.2, -0.15) is 0 Å². The summed E-state index contributed by atoms with van der Waals surface area (Å²) in [7, 11) is 0. The summed E-state index contributed by atoms with van der Waals surface area (Å²) in [6.45, 7) is 3.17. The number of benzene rings is 2. The Bertz CT molecular complexity index is 904. The van der Waals surface area contributed by atoms with Gasteiger partial charge < -0.3 is 9.64 Å². The molecule has 2 aromatic carbocycles. The maximum absolute atomic E-state index is 12.5. The van der Waals surface area contributed by atoms with Gasteiger partial charge in [-0.25, -0.2) is 0 Å². The second-order valence-electron chi connectivity index (χ2n) is 7.00. The fourth-order valence-electron chi connectivity index (χ4n) is 3.12. The lowest BCUT2D eigenvalue weighted by Gasteiger charge is -2.26. The van der Waals surface area contributed by atoms with Crippen LogP contribution in [-0.4, -0.2) is 52.7 Å². The standard InChI is InChI=1S/C22H22N2O5/c1-15(2)23(12-16-8-4-3-5-9-16)19(25)14-29-20(26)13-24-21(27)17-10-6-7-11-18(17)22(24)28/h3-11,15H,12-14H2,1-2H3. The van der Waals surface area contributed by atoms with Crippen molar-refractivity contribution in [1.29, 1.82) is 0 Å². The van der Waals surface area contributed by atoms with Gasteiger partial charge >= 0.3 is 5.97 Å². The molecule has 0 radical (unpaired) electrons. The highest BCUT2D eigenvalue weighted by Gasteiger charge is 2.36. The molecular weight excluding hydrogens is 372 g/mol.